The van der Waals surface area contributed by atoms with E-state index in [1.54, 1.807) is 60.0 Å². The van der Waals surface area contributed by atoms with Crippen LogP contribution in [0, 0.1) is 4.77 Å². The molecule has 0 bridgehead atoms. The molecule has 0 atom stereocenters. The minimum Gasteiger partial charge on any atom is -0.493 e. The van der Waals surface area contributed by atoms with Crippen LogP contribution in [0.1, 0.15) is 5.56 Å². The number of hydrogen-bond acceptors (Lipinski definition) is 8. The summed E-state index contributed by atoms with van der Waals surface area (Å²) in [5, 5.41) is 11.6. The van der Waals surface area contributed by atoms with E-state index in [4.69, 9.17) is 35.9 Å². The summed E-state index contributed by atoms with van der Waals surface area (Å²) in [4.78, 5) is 0. The smallest absolute Gasteiger partial charge is 0.216 e. The van der Waals surface area contributed by atoms with Crippen molar-refractivity contribution in [3.8, 4) is 40.1 Å². The minimum atomic E-state index is 0.317. The Balaban J connectivity index is 2.10. The second kappa shape index (κ2) is 9.31. The molecule has 0 amide bonds. The van der Waals surface area contributed by atoms with Crippen LogP contribution < -0.4 is 23.7 Å². The Morgan fingerprint density at radius 2 is 1.53 bits per heavy atom. The van der Waals surface area contributed by atoms with Crippen LogP contribution in [0.3, 0.4) is 0 Å². The SMILES string of the molecule is COc1cccc(/C=N\n2c(-c3cc(OC)c(OC)c(OC)c3)n[nH]c2=S)c1OC. The molecule has 0 aliphatic carbocycles. The van der Waals surface area contributed by atoms with Gasteiger partial charge in [-0.25, -0.2) is 5.10 Å². The number of aromatic nitrogens is 3. The Bertz CT molecular complexity index is 1100. The van der Waals surface area contributed by atoms with Crippen molar-refractivity contribution in [3.63, 3.8) is 0 Å². The molecule has 1 aromatic heterocycles. The van der Waals surface area contributed by atoms with Gasteiger partial charge in [-0.1, -0.05) is 6.07 Å². The molecule has 0 aliphatic rings. The third-order valence-corrected chi connectivity index (χ3v) is 4.58. The molecule has 2 aromatic carbocycles. The van der Waals surface area contributed by atoms with E-state index in [0.29, 0.717) is 44.9 Å². The number of nitrogens with zero attached hydrogens (tertiary/aromatic N) is 3. The number of para-hydroxylation sites is 1. The minimum absolute atomic E-state index is 0.317. The van der Waals surface area contributed by atoms with Crippen molar-refractivity contribution in [2.75, 3.05) is 35.5 Å². The molecule has 3 aromatic rings. The normalized spacial score (nSPS) is 10.8. The Kier molecular flexibility index (Phi) is 6.58. The molecule has 1 N–H and O–H groups in total. The zero-order valence-electron chi connectivity index (χ0n) is 17.3. The van der Waals surface area contributed by atoms with Gasteiger partial charge in [0.15, 0.2) is 28.8 Å². The molecule has 0 fully saturated rings. The molecule has 0 spiro atoms. The highest BCUT2D eigenvalue weighted by Gasteiger charge is 2.17. The lowest BCUT2D eigenvalue weighted by Crippen LogP contribution is -2.00. The van der Waals surface area contributed by atoms with Crippen LogP contribution in [-0.4, -0.2) is 56.6 Å². The van der Waals surface area contributed by atoms with E-state index in [-0.39, 0.29) is 0 Å². The van der Waals surface area contributed by atoms with E-state index in [0.717, 1.165) is 5.56 Å². The predicted octanol–water partition coefficient (Wildman–Crippen LogP) is 3.53. The third-order valence-electron chi connectivity index (χ3n) is 4.32. The van der Waals surface area contributed by atoms with E-state index >= 15 is 0 Å². The summed E-state index contributed by atoms with van der Waals surface area (Å²) in [5.74, 6) is 3.10. The summed E-state index contributed by atoms with van der Waals surface area (Å²) in [6.45, 7) is 0. The van der Waals surface area contributed by atoms with Crippen molar-refractivity contribution in [1.29, 1.82) is 0 Å². The van der Waals surface area contributed by atoms with Crippen LogP contribution in [0.25, 0.3) is 11.4 Å². The van der Waals surface area contributed by atoms with E-state index in [9.17, 15) is 0 Å². The summed E-state index contributed by atoms with van der Waals surface area (Å²) >= 11 is 5.36. The lowest BCUT2D eigenvalue weighted by atomic mass is 10.1. The maximum absolute atomic E-state index is 5.45. The maximum Gasteiger partial charge on any atom is 0.216 e. The molecule has 3 rings (SSSR count). The van der Waals surface area contributed by atoms with Gasteiger partial charge in [-0.2, -0.15) is 14.9 Å². The molecule has 1 heterocycles. The van der Waals surface area contributed by atoms with Gasteiger partial charge in [0.2, 0.25) is 10.5 Å². The van der Waals surface area contributed by atoms with Crippen LogP contribution >= 0.6 is 12.2 Å². The highest BCUT2D eigenvalue weighted by molar-refractivity contribution is 7.71. The Hall–Kier alpha value is -3.53. The number of rotatable bonds is 8. The summed E-state index contributed by atoms with van der Waals surface area (Å²) < 4.78 is 28.8. The van der Waals surface area contributed by atoms with Gasteiger partial charge in [-0.05, 0) is 36.5 Å². The number of benzene rings is 2. The fraction of sp³-hybridized carbons (Fsp3) is 0.250. The van der Waals surface area contributed by atoms with Gasteiger partial charge < -0.3 is 23.7 Å². The van der Waals surface area contributed by atoms with E-state index in [2.05, 4.69) is 15.3 Å². The van der Waals surface area contributed by atoms with Gasteiger partial charge in [0.1, 0.15) is 0 Å². The van der Waals surface area contributed by atoms with Gasteiger partial charge in [0, 0.05) is 11.1 Å². The predicted molar refractivity (Wildman–Crippen MR) is 115 cm³/mol. The molecule has 0 saturated heterocycles. The number of hydrogen-bond donors (Lipinski definition) is 1. The zero-order valence-corrected chi connectivity index (χ0v) is 18.1. The molecule has 9 nitrogen and oxygen atoms in total. The van der Waals surface area contributed by atoms with Gasteiger partial charge in [0.25, 0.3) is 0 Å². The van der Waals surface area contributed by atoms with Crippen molar-refractivity contribution >= 4 is 18.4 Å². The lowest BCUT2D eigenvalue weighted by Gasteiger charge is -2.13. The fourth-order valence-corrected chi connectivity index (χ4v) is 3.11. The largest absolute Gasteiger partial charge is 0.493 e. The lowest BCUT2D eigenvalue weighted by molar-refractivity contribution is 0.324. The van der Waals surface area contributed by atoms with Crippen molar-refractivity contribution in [2.24, 2.45) is 5.10 Å². The monoisotopic (exact) mass is 430 g/mol. The Labute approximate surface area is 178 Å². The van der Waals surface area contributed by atoms with Crippen LogP contribution in [0.5, 0.6) is 28.7 Å². The first-order chi connectivity index (χ1) is 14.6. The second-order valence-corrected chi connectivity index (χ2v) is 6.29. The van der Waals surface area contributed by atoms with Gasteiger partial charge in [0.05, 0.1) is 41.8 Å². The van der Waals surface area contributed by atoms with Crippen LogP contribution in [0.4, 0.5) is 0 Å². The molecule has 10 heteroatoms. The standard InChI is InChI=1S/C20H22N4O5S/c1-25-14-8-6-7-12(17(14)28-4)11-21-24-19(22-23-20(24)30)13-9-15(26-2)18(29-5)16(10-13)27-3/h6-11H,1-5H3,(H,23,30)/b21-11-. The van der Waals surface area contributed by atoms with E-state index in [1.807, 2.05) is 12.1 Å². The average Bonchev–Trinajstić information content (AvgIpc) is 3.16. The van der Waals surface area contributed by atoms with E-state index in [1.165, 1.54) is 4.68 Å². The molecule has 30 heavy (non-hydrogen) atoms. The first-order valence-electron chi connectivity index (χ1n) is 8.81. The number of methoxy groups -OCH3 is 5. The van der Waals surface area contributed by atoms with Gasteiger partial charge >= 0.3 is 0 Å². The van der Waals surface area contributed by atoms with E-state index < -0.39 is 0 Å². The topological polar surface area (TPSA) is 92.1 Å². The Morgan fingerprint density at radius 3 is 2.10 bits per heavy atom. The summed E-state index contributed by atoms with van der Waals surface area (Å²) in [6.07, 6.45) is 1.62. The maximum atomic E-state index is 5.45. The highest BCUT2D eigenvalue weighted by Crippen LogP contribution is 2.40. The summed E-state index contributed by atoms with van der Waals surface area (Å²) in [6, 6.07) is 9.04. The van der Waals surface area contributed by atoms with Crippen molar-refractivity contribution in [1.82, 2.24) is 14.9 Å². The average molecular weight is 430 g/mol. The number of aromatic amines is 1. The summed E-state index contributed by atoms with van der Waals surface area (Å²) in [5.41, 5.74) is 1.39. The second-order valence-electron chi connectivity index (χ2n) is 5.91. The van der Waals surface area contributed by atoms with Crippen LogP contribution in [-0.2, 0) is 0 Å². The van der Waals surface area contributed by atoms with Crippen LogP contribution in [0.2, 0.25) is 0 Å². The molecule has 158 valence electrons. The first kappa shape index (κ1) is 21.2. The quantitative estimate of drug-likeness (QED) is 0.432. The molecule has 0 unspecified atom stereocenters. The Morgan fingerprint density at radius 1 is 0.900 bits per heavy atom. The van der Waals surface area contributed by atoms with Crippen molar-refractivity contribution in [3.05, 3.63) is 40.7 Å². The molecule has 0 aliphatic heterocycles. The number of nitrogens with one attached hydrogen (secondary N) is 1. The highest BCUT2D eigenvalue weighted by atomic mass is 32.1. The number of ether oxygens (including phenoxy) is 5. The van der Waals surface area contributed by atoms with Crippen molar-refractivity contribution < 1.29 is 23.7 Å². The zero-order chi connectivity index (χ0) is 21.7. The number of H-pyrrole nitrogens is 1. The molecule has 0 radical (unpaired) electrons. The molecular weight excluding hydrogens is 408 g/mol. The molecular formula is C20H22N4O5S. The first-order valence-corrected chi connectivity index (χ1v) is 9.21. The third kappa shape index (κ3) is 3.94. The van der Waals surface area contributed by atoms with Gasteiger partial charge in [-0.15, -0.1) is 0 Å². The molecule has 0 saturated carbocycles. The summed E-state index contributed by atoms with van der Waals surface area (Å²) in [7, 11) is 7.78. The van der Waals surface area contributed by atoms with Crippen LogP contribution in [0.15, 0.2) is 35.4 Å². The fourth-order valence-electron chi connectivity index (χ4n) is 2.93. The van der Waals surface area contributed by atoms with Crippen molar-refractivity contribution in [2.45, 2.75) is 0 Å². The van der Waals surface area contributed by atoms with Gasteiger partial charge in [-0.3, -0.25) is 0 Å².